The smallest absolute Gasteiger partial charge is 0.293 e. The molecule has 0 heterocycles. The SMILES string of the molecule is O=COCCCCS(=O)(=O)O. The Bertz CT molecular complexity index is 195. The minimum Gasteiger partial charge on any atom is -0.468 e. The van der Waals surface area contributed by atoms with Crippen molar-refractivity contribution in [1.82, 2.24) is 0 Å². The van der Waals surface area contributed by atoms with Gasteiger partial charge in [-0.15, -0.1) is 0 Å². The minimum atomic E-state index is -3.86. The van der Waals surface area contributed by atoms with Gasteiger partial charge in [0, 0.05) is 0 Å². The van der Waals surface area contributed by atoms with Gasteiger partial charge in [0.15, 0.2) is 0 Å². The summed E-state index contributed by atoms with van der Waals surface area (Å²) in [7, 11) is -3.86. The molecule has 0 aromatic heterocycles. The summed E-state index contributed by atoms with van der Waals surface area (Å²) in [4.78, 5) is 9.58. The number of unbranched alkanes of at least 4 members (excludes halogenated alkanes) is 1. The average Bonchev–Trinajstić information content (AvgIpc) is 1.85. The number of hydrogen-bond acceptors (Lipinski definition) is 4. The summed E-state index contributed by atoms with van der Waals surface area (Å²) in [5.41, 5.74) is 0. The zero-order valence-corrected chi connectivity index (χ0v) is 6.71. The predicted octanol–water partition coefficient (Wildman–Crippen LogP) is -0.173. The third-order valence-corrected chi connectivity index (χ3v) is 1.79. The number of carbonyl (C=O) groups excluding carboxylic acids is 1. The molecule has 0 unspecified atom stereocenters. The summed E-state index contributed by atoms with van der Waals surface area (Å²) < 4.78 is 32.7. The number of carbonyl (C=O) groups is 1. The summed E-state index contributed by atoms with van der Waals surface area (Å²) >= 11 is 0. The van der Waals surface area contributed by atoms with E-state index in [1.165, 1.54) is 0 Å². The van der Waals surface area contributed by atoms with Crippen LogP contribution in [0.2, 0.25) is 0 Å². The van der Waals surface area contributed by atoms with Crippen LogP contribution < -0.4 is 0 Å². The van der Waals surface area contributed by atoms with Crippen molar-refractivity contribution in [2.24, 2.45) is 0 Å². The zero-order valence-electron chi connectivity index (χ0n) is 5.89. The van der Waals surface area contributed by atoms with E-state index in [0.717, 1.165) is 0 Å². The normalized spacial score (nSPS) is 11.0. The van der Waals surface area contributed by atoms with E-state index in [4.69, 9.17) is 4.55 Å². The van der Waals surface area contributed by atoms with Crippen molar-refractivity contribution in [3.63, 3.8) is 0 Å². The van der Waals surface area contributed by atoms with Gasteiger partial charge < -0.3 is 4.74 Å². The largest absolute Gasteiger partial charge is 0.468 e. The van der Waals surface area contributed by atoms with Crippen molar-refractivity contribution < 1.29 is 22.5 Å². The Morgan fingerprint density at radius 1 is 1.36 bits per heavy atom. The first-order valence-corrected chi connectivity index (χ1v) is 4.67. The summed E-state index contributed by atoms with van der Waals surface area (Å²) in [5.74, 6) is -0.283. The van der Waals surface area contributed by atoms with Crippen molar-refractivity contribution >= 4 is 16.6 Å². The van der Waals surface area contributed by atoms with Crippen molar-refractivity contribution in [2.75, 3.05) is 12.4 Å². The monoisotopic (exact) mass is 182 g/mol. The van der Waals surface area contributed by atoms with E-state index in [9.17, 15) is 13.2 Å². The zero-order chi connectivity index (χ0) is 8.74. The molecular weight excluding hydrogens is 172 g/mol. The second-order valence-electron chi connectivity index (χ2n) is 1.96. The lowest BCUT2D eigenvalue weighted by atomic mass is 10.4. The molecule has 0 fully saturated rings. The van der Waals surface area contributed by atoms with E-state index in [1.807, 2.05) is 0 Å². The molecular formula is C5H10O5S. The number of ether oxygens (including phenoxy) is 1. The first-order chi connectivity index (χ1) is 5.06. The highest BCUT2D eigenvalue weighted by atomic mass is 32.2. The molecule has 0 aromatic carbocycles. The van der Waals surface area contributed by atoms with Crippen LogP contribution in [0.15, 0.2) is 0 Å². The molecule has 0 radical (unpaired) electrons. The Balaban J connectivity index is 3.22. The maximum atomic E-state index is 10.1. The van der Waals surface area contributed by atoms with Gasteiger partial charge in [0.25, 0.3) is 16.6 Å². The Kier molecular flexibility index (Phi) is 4.80. The van der Waals surface area contributed by atoms with E-state index in [-0.39, 0.29) is 12.4 Å². The second-order valence-corrected chi connectivity index (χ2v) is 3.53. The molecule has 0 aliphatic carbocycles. The van der Waals surface area contributed by atoms with Crippen LogP contribution in [0, 0.1) is 0 Å². The van der Waals surface area contributed by atoms with E-state index in [0.29, 0.717) is 19.3 Å². The molecule has 0 saturated heterocycles. The van der Waals surface area contributed by atoms with Crippen LogP contribution in [0.5, 0.6) is 0 Å². The average molecular weight is 182 g/mol. The molecule has 66 valence electrons. The van der Waals surface area contributed by atoms with Gasteiger partial charge in [-0.2, -0.15) is 8.42 Å². The number of hydrogen-bond donors (Lipinski definition) is 1. The Labute approximate surface area is 65.1 Å². The molecule has 5 nitrogen and oxygen atoms in total. The Morgan fingerprint density at radius 2 is 2.00 bits per heavy atom. The quantitative estimate of drug-likeness (QED) is 0.350. The van der Waals surface area contributed by atoms with Crippen LogP contribution in [-0.2, 0) is 19.6 Å². The van der Waals surface area contributed by atoms with Gasteiger partial charge in [-0.05, 0) is 12.8 Å². The maximum Gasteiger partial charge on any atom is 0.293 e. The van der Waals surface area contributed by atoms with E-state index >= 15 is 0 Å². The summed E-state index contributed by atoms with van der Waals surface area (Å²) in [6, 6.07) is 0. The van der Waals surface area contributed by atoms with Crippen molar-refractivity contribution in [1.29, 1.82) is 0 Å². The third kappa shape index (κ3) is 9.38. The van der Waals surface area contributed by atoms with Crippen LogP contribution in [0.1, 0.15) is 12.8 Å². The fourth-order valence-electron chi connectivity index (χ4n) is 0.518. The van der Waals surface area contributed by atoms with Gasteiger partial charge in [-0.25, -0.2) is 0 Å². The first kappa shape index (κ1) is 10.4. The molecule has 1 N–H and O–H groups in total. The molecule has 0 bridgehead atoms. The molecule has 0 aliphatic heterocycles. The van der Waals surface area contributed by atoms with Gasteiger partial charge >= 0.3 is 0 Å². The maximum absolute atomic E-state index is 10.1. The molecule has 0 atom stereocenters. The van der Waals surface area contributed by atoms with Crippen LogP contribution >= 0.6 is 0 Å². The van der Waals surface area contributed by atoms with Gasteiger partial charge in [0.2, 0.25) is 0 Å². The van der Waals surface area contributed by atoms with Crippen LogP contribution in [0.25, 0.3) is 0 Å². The summed E-state index contributed by atoms with van der Waals surface area (Å²) in [5, 5.41) is 0. The highest BCUT2D eigenvalue weighted by Gasteiger charge is 2.02. The first-order valence-electron chi connectivity index (χ1n) is 3.06. The van der Waals surface area contributed by atoms with E-state index < -0.39 is 10.1 Å². The second kappa shape index (κ2) is 5.09. The highest BCUT2D eigenvalue weighted by Crippen LogP contribution is 1.93. The third-order valence-electron chi connectivity index (χ3n) is 0.983. The Hall–Kier alpha value is -0.620. The Morgan fingerprint density at radius 3 is 2.45 bits per heavy atom. The lowest BCUT2D eigenvalue weighted by Crippen LogP contribution is -2.04. The topological polar surface area (TPSA) is 80.7 Å². The van der Waals surface area contributed by atoms with Crippen LogP contribution in [-0.4, -0.2) is 31.8 Å². The van der Waals surface area contributed by atoms with Crippen LogP contribution in [0.3, 0.4) is 0 Å². The van der Waals surface area contributed by atoms with Gasteiger partial charge in [0.1, 0.15) is 0 Å². The molecule has 0 rings (SSSR count). The lowest BCUT2D eigenvalue weighted by Gasteiger charge is -1.96. The standard InChI is InChI=1S/C5H10O5S/c6-5-10-3-1-2-4-11(7,8)9/h5H,1-4H2,(H,7,8,9). The molecule has 11 heavy (non-hydrogen) atoms. The van der Waals surface area contributed by atoms with Gasteiger partial charge in [-0.3, -0.25) is 9.35 Å². The molecule has 0 aromatic rings. The fourth-order valence-corrected chi connectivity index (χ4v) is 1.09. The van der Waals surface area contributed by atoms with Crippen molar-refractivity contribution in [3.05, 3.63) is 0 Å². The molecule has 0 saturated carbocycles. The van der Waals surface area contributed by atoms with Gasteiger partial charge in [-0.1, -0.05) is 0 Å². The van der Waals surface area contributed by atoms with Crippen molar-refractivity contribution in [2.45, 2.75) is 12.8 Å². The highest BCUT2D eigenvalue weighted by molar-refractivity contribution is 7.85. The lowest BCUT2D eigenvalue weighted by molar-refractivity contribution is -0.128. The fraction of sp³-hybridized carbons (Fsp3) is 0.800. The predicted molar refractivity (Wildman–Crippen MR) is 37.7 cm³/mol. The van der Waals surface area contributed by atoms with E-state index in [2.05, 4.69) is 4.74 Å². The van der Waals surface area contributed by atoms with Gasteiger partial charge in [0.05, 0.1) is 12.4 Å². The molecule has 0 aliphatic rings. The minimum absolute atomic E-state index is 0.193. The molecule has 6 heteroatoms. The molecule has 0 amide bonds. The van der Waals surface area contributed by atoms with Crippen molar-refractivity contribution in [3.8, 4) is 0 Å². The van der Waals surface area contributed by atoms with Crippen LogP contribution in [0.4, 0.5) is 0 Å². The molecule has 0 spiro atoms. The van der Waals surface area contributed by atoms with E-state index in [1.54, 1.807) is 0 Å². The summed E-state index contributed by atoms with van der Waals surface area (Å²) in [6.45, 7) is 0.493. The number of rotatable bonds is 6. The summed E-state index contributed by atoms with van der Waals surface area (Å²) in [6.07, 6.45) is 0.741.